The summed E-state index contributed by atoms with van der Waals surface area (Å²) < 4.78 is 15.8. The van der Waals surface area contributed by atoms with E-state index in [1.54, 1.807) is 31.2 Å². The molecule has 262 valence electrons. The van der Waals surface area contributed by atoms with Crippen molar-refractivity contribution in [1.29, 1.82) is 0 Å². The van der Waals surface area contributed by atoms with E-state index in [2.05, 4.69) is 32.5 Å². The Balaban J connectivity index is 1.36. The number of carbonyl (C=O) groups is 3. The summed E-state index contributed by atoms with van der Waals surface area (Å²) in [6.07, 6.45) is 1.88. The van der Waals surface area contributed by atoms with Crippen molar-refractivity contribution < 1.29 is 23.9 Å². The summed E-state index contributed by atoms with van der Waals surface area (Å²) in [4.78, 5) is 48.6. The third-order valence-electron chi connectivity index (χ3n) is 9.79. The Morgan fingerprint density at radius 1 is 1.00 bits per heavy atom. The molecule has 49 heavy (non-hydrogen) atoms. The second kappa shape index (κ2) is 14.8. The first-order valence-corrected chi connectivity index (χ1v) is 17.3. The van der Waals surface area contributed by atoms with Crippen molar-refractivity contribution in [2.45, 2.75) is 72.4 Å². The fourth-order valence-electron chi connectivity index (χ4n) is 7.53. The minimum absolute atomic E-state index is 0.0117. The van der Waals surface area contributed by atoms with Crippen LogP contribution < -0.4 is 15.5 Å². The maximum Gasteiger partial charge on any atom is 0.305 e. The van der Waals surface area contributed by atoms with Gasteiger partial charge in [0.15, 0.2) is 0 Å². The highest BCUT2D eigenvalue weighted by atomic mass is 35.5. The first-order valence-electron chi connectivity index (χ1n) is 17.0. The molecule has 0 radical (unpaired) electrons. The van der Waals surface area contributed by atoms with E-state index in [1.807, 2.05) is 45.9 Å². The molecule has 0 saturated carbocycles. The van der Waals surface area contributed by atoms with Crippen LogP contribution in [0, 0.1) is 37.9 Å². The van der Waals surface area contributed by atoms with Crippen molar-refractivity contribution in [3.8, 4) is 11.1 Å². The molecule has 3 aromatic rings. The molecule has 2 aliphatic heterocycles. The molecule has 2 aromatic carbocycles. The number of hydrogen-bond donors (Lipinski definition) is 3. The second-order valence-corrected chi connectivity index (χ2v) is 14.9. The Morgan fingerprint density at radius 3 is 2.24 bits per heavy atom. The van der Waals surface area contributed by atoms with E-state index in [9.17, 15) is 19.5 Å². The lowest BCUT2D eigenvalue weighted by Gasteiger charge is -2.53. The van der Waals surface area contributed by atoms with Crippen molar-refractivity contribution in [1.82, 2.24) is 20.5 Å². The SMILES string of the molecule is Cc1cc(-c2c(C)cc(Cl)cc2C)cc([C@H](CC(=O)O)NC(=O)[C@H](CC(C)C)NC(=O)c2cccc(N3CCC4(CC3)CN(C)C4)n2)c1F. The van der Waals surface area contributed by atoms with Gasteiger partial charge in [0.1, 0.15) is 23.4 Å². The number of benzene rings is 2. The first-order chi connectivity index (χ1) is 23.1. The van der Waals surface area contributed by atoms with Gasteiger partial charge in [0, 0.05) is 36.8 Å². The van der Waals surface area contributed by atoms with Gasteiger partial charge >= 0.3 is 5.97 Å². The van der Waals surface area contributed by atoms with Crippen molar-refractivity contribution in [3.05, 3.63) is 81.3 Å². The number of aryl methyl sites for hydroxylation is 3. The number of carboxylic acids is 1. The number of hydrogen-bond acceptors (Lipinski definition) is 6. The smallest absolute Gasteiger partial charge is 0.305 e. The van der Waals surface area contributed by atoms with Gasteiger partial charge in [-0.05, 0) is 123 Å². The highest BCUT2D eigenvalue weighted by Crippen LogP contribution is 2.40. The lowest BCUT2D eigenvalue weighted by molar-refractivity contribution is -0.137. The second-order valence-electron chi connectivity index (χ2n) is 14.5. The van der Waals surface area contributed by atoms with Crippen LogP contribution >= 0.6 is 11.6 Å². The van der Waals surface area contributed by atoms with Gasteiger partial charge in [-0.2, -0.15) is 0 Å². The largest absolute Gasteiger partial charge is 0.481 e. The summed E-state index contributed by atoms with van der Waals surface area (Å²) in [6.45, 7) is 13.2. The Bertz CT molecular complexity index is 1710. The minimum Gasteiger partial charge on any atom is -0.481 e. The molecule has 2 atom stereocenters. The van der Waals surface area contributed by atoms with Crippen molar-refractivity contribution >= 4 is 35.2 Å². The Hall–Kier alpha value is -4.02. The average molecular weight is 692 g/mol. The number of carboxylic acid groups (broad SMARTS) is 1. The van der Waals surface area contributed by atoms with E-state index in [1.165, 1.54) is 0 Å². The van der Waals surface area contributed by atoms with Crippen molar-refractivity contribution in [2.24, 2.45) is 11.3 Å². The van der Waals surface area contributed by atoms with Crippen LogP contribution in [-0.2, 0) is 9.59 Å². The topological polar surface area (TPSA) is 115 Å². The molecule has 9 nitrogen and oxygen atoms in total. The molecule has 2 saturated heterocycles. The maximum atomic E-state index is 15.8. The summed E-state index contributed by atoms with van der Waals surface area (Å²) in [7, 11) is 2.14. The third-order valence-corrected chi connectivity index (χ3v) is 10.0. The number of aromatic nitrogens is 1. The number of nitrogens with zero attached hydrogens (tertiary/aromatic N) is 3. The summed E-state index contributed by atoms with van der Waals surface area (Å²) in [5.41, 5.74) is 4.25. The zero-order valence-corrected chi connectivity index (χ0v) is 30.0. The Morgan fingerprint density at radius 2 is 1.65 bits per heavy atom. The molecule has 1 spiro atoms. The minimum atomic E-state index is -1.20. The monoisotopic (exact) mass is 691 g/mol. The van der Waals surface area contributed by atoms with Crippen LogP contribution in [0.3, 0.4) is 0 Å². The van der Waals surface area contributed by atoms with Crippen molar-refractivity contribution in [2.75, 3.05) is 38.1 Å². The molecule has 0 unspecified atom stereocenters. The van der Waals surface area contributed by atoms with Gasteiger partial charge in [-0.1, -0.05) is 31.5 Å². The summed E-state index contributed by atoms with van der Waals surface area (Å²) in [6, 6.07) is 10.0. The number of piperidine rings is 1. The number of amides is 2. The van der Waals surface area contributed by atoms with Gasteiger partial charge in [0.05, 0.1) is 12.5 Å². The Kier molecular flexibility index (Phi) is 11.0. The van der Waals surface area contributed by atoms with E-state index in [-0.39, 0.29) is 23.6 Å². The van der Waals surface area contributed by atoms with Crippen LogP contribution in [0.2, 0.25) is 5.02 Å². The van der Waals surface area contributed by atoms with Crippen molar-refractivity contribution in [3.63, 3.8) is 0 Å². The fourth-order valence-corrected chi connectivity index (χ4v) is 7.86. The number of carbonyl (C=O) groups excluding carboxylic acids is 2. The van der Waals surface area contributed by atoms with Gasteiger partial charge in [-0.3, -0.25) is 14.4 Å². The van der Waals surface area contributed by atoms with E-state index in [0.717, 1.165) is 61.5 Å². The van der Waals surface area contributed by atoms with E-state index >= 15 is 4.39 Å². The molecule has 11 heteroatoms. The van der Waals surface area contributed by atoms with E-state index in [4.69, 9.17) is 11.6 Å². The zero-order chi connectivity index (χ0) is 35.6. The van der Waals surface area contributed by atoms with Gasteiger partial charge in [-0.25, -0.2) is 9.37 Å². The number of halogens is 2. The molecular formula is C38H47ClFN5O4. The molecule has 0 bridgehead atoms. The summed E-state index contributed by atoms with van der Waals surface area (Å²) in [5.74, 6) is -2.18. The highest BCUT2D eigenvalue weighted by molar-refractivity contribution is 6.30. The van der Waals surface area contributed by atoms with Gasteiger partial charge in [0.2, 0.25) is 5.91 Å². The quantitative estimate of drug-likeness (QED) is 0.211. The molecule has 1 aromatic heterocycles. The molecule has 3 N–H and O–H groups in total. The molecule has 5 rings (SSSR count). The Labute approximate surface area is 293 Å². The van der Waals surface area contributed by atoms with Gasteiger partial charge in [0.25, 0.3) is 5.91 Å². The number of nitrogens with one attached hydrogen (secondary N) is 2. The molecule has 3 heterocycles. The number of aliphatic carboxylic acids is 1. The van der Waals surface area contributed by atoms with Crippen LogP contribution in [0.25, 0.3) is 11.1 Å². The van der Waals surface area contributed by atoms with E-state index in [0.29, 0.717) is 21.6 Å². The van der Waals surface area contributed by atoms with E-state index < -0.39 is 42.1 Å². The standard InChI is InChI=1S/C38H47ClFN5O4/c1-22(2)14-31(43-36(48)29-8-7-9-32(41-29)45-12-10-38(11-13-45)20-44(6)21-38)37(49)42-30(19-33(46)47)28-18-26(15-25(5)35(28)40)34-23(3)16-27(39)17-24(34)4/h7-9,15-18,22,30-31H,10-14,19-21H2,1-6H3,(H,42,49)(H,43,48)(H,46,47)/t30-,31-/m0/s1. The predicted molar refractivity (Wildman–Crippen MR) is 191 cm³/mol. The number of rotatable bonds is 11. The molecule has 0 aliphatic carbocycles. The van der Waals surface area contributed by atoms with Crippen LogP contribution in [0.4, 0.5) is 10.2 Å². The number of anilines is 1. The lowest BCUT2D eigenvalue weighted by Crippen LogP contribution is -2.58. The third kappa shape index (κ3) is 8.41. The summed E-state index contributed by atoms with van der Waals surface area (Å²) in [5, 5.41) is 16.0. The molecule has 2 aliphatic rings. The number of likely N-dealkylation sites (tertiary alicyclic amines) is 1. The average Bonchev–Trinajstić information content (AvgIpc) is 3.00. The lowest BCUT2D eigenvalue weighted by atomic mass is 9.72. The highest BCUT2D eigenvalue weighted by Gasteiger charge is 2.43. The normalized spacial score (nSPS) is 17.0. The molecular weight excluding hydrogens is 645 g/mol. The molecule has 2 amide bonds. The maximum absolute atomic E-state index is 15.8. The van der Waals surface area contributed by atoms with Gasteiger partial charge < -0.3 is 25.5 Å². The zero-order valence-electron chi connectivity index (χ0n) is 29.2. The summed E-state index contributed by atoms with van der Waals surface area (Å²) >= 11 is 6.26. The van der Waals surface area contributed by atoms with Crippen LogP contribution in [0.1, 0.15) is 78.3 Å². The van der Waals surface area contributed by atoms with Crippen LogP contribution in [0.5, 0.6) is 0 Å². The molecule has 2 fully saturated rings. The first kappa shape index (κ1) is 36.3. The van der Waals surface area contributed by atoms with Crippen LogP contribution in [0.15, 0.2) is 42.5 Å². The fraction of sp³-hybridized carbons (Fsp3) is 0.474. The van der Waals surface area contributed by atoms with Gasteiger partial charge in [-0.15, -0.1) is 0 Å². The van der Waals surface area contributed by atoms with Crippen LogP contribution in [-0.4, -0.2) is 72.0 Å². The number of pyridine rings is 1. The predicted octanol–water partition coefficient (Wildman–Crippen LogP) is 6.48.